The number of carbonyl (C=O) groups is 2. The summed E-state index contributed by atoms with van der Waals surface area (Å²) >= 11 is 0. The Hall–Kier alpha value is -1.10. The number of carbonyl (C=O) groups excluding carboxylic acids is 2. The third kappa shape index (κ3) is 7.74. The normalized spacial score (nSPS) is 12.2. The van der Waals surface area contributed by atoms with E-state index in [1.54, 1.807) is 0 Å². The standard InChI is InChI=1S/C12H25N3O2/c1-3-5-7-15(9-11(14)16)12(17)8-10(13)6-4-2/h10H,3-9,13H2,1-2H3,(H2,14,16). The second-order valence-electron chi connectivity index (χ2n) is 4.39. The smallest absolute Gasteiger partial charge is 0.237 e. The van der Waals surface area contributed by atoms with Crippen LogP contribution in [0, 0.1) is 0 Å². The van der Waals surface area contributed by atoms with Crippen molar-refractivity contribution >= 4 is 11.8 Å². The molecule has 0 bridgehead atoms. The van der Waals surface area contributed by atoms with E-state index in [4.69, 9.17) is 11.5 Å². The molecule has 1 unspecified atom stereocenters. The van der Waals surface area contributed by atoms with Gasteiger partial charge in [0.2, 0.25) is 11.8 Å². The van der Waals surface area contributed by atoms with Crippen LogP contribution in [0.15, 0.2) is 0 Å². The van der Waals surface area contributed by atoms with E-state index < -0.39 is 5.91 Å². The Balaban J connectivity index is 4.25. The largest absolute Gasteiger partial charge is 0.368 e. The molecule has 4 N–H and O–H groups in total. The quantitative estimate of drug-likeness (QED) is 0.622. The molecule has 5 heteroatoms. The summed E-state index contributed by atoms with van der Waals surface area (Å²) in [4.78, 5) is 24.3. The molecule has 0 aliphatic carbocycles. The van der Waals surface area contributed by atoms with Gasteiger partial charge in [0.25, 0.3) is 0 Å². The summed E-state index contributed by atoms with van der Waals surface area (Å²) < 4.78 is 0. The fraction of sp³-hybridized carbons (Fsp3) is 0.833. The molecule has 17 heavy (non-hydrogen) atoms. The molecular weight excluding hydrogens is 218 g/mol. The minimum absolute atomic E-state index is 0.00230. The van der Waals surface area contributed by atoms with Crippen LogP contribution in [-0.4, -0.2) is 35.8 Å². The monoisotopic (exact) mass is 243 g/mol. The zero-order valence-corrected chi connectivity index (χ0v) is 10.9. The van der Waals surface area contributed by atoms with Crippen LogP contribution in [0.1, 0.15) is 46.0 Å². The molecule has 0 saturated carbocycles. The number of primary amides is 1. The van der Waals surface area contributed by atoms with Gasteiger partial charge >= 0.3 is 0 Å². The first-order chi connectivity index (χ1) is 8.01. The Morgan fingerprint density at radius 2 is 1.88 bits per heavy atom. The molecule has 0 aromatic heterocycles. The second-order valence-corrected chi connectivity index (χ2v) is 4.39. The molecule has 0 radical (unpaired) electrons. The highest BCUT2D eigenvalue weighted by atomic mass is 16.2. The van der Waals surface area contributed by atoms with Crippen molar-refractivity contribution in [3.63, 3.8) is 0 Å². The highest BCUT2D eigenvalue weighted by Gasteiger charge is 2.17. The van der Waals surface area contributed by atoms with Gasteiger partial charge in [-0.2, -0.15) is 0 Å². The zero-order chi connectivity index (χ0) is 13.3. The van der Waals surface area contributed by atoms with E-state index in [1.807, 2.05) is 13.8 Å². The van der Waals surface area contributed by atoms with Crippen LogP contribution in [-0.2, 0) is 9.59 Å². The van der Waals surface area contributed by atoms with Crippen LogP contribution in [0.2, 0.25) is 0 Å². The highest BCUT2D eigenvalue weighted by molar-refractivity contribution is 5.84. The van der Waals surface area contributed by atoms with Gasteiger partial charge in [0.05, 0.1) is 6.54 Å². The van der Waals surface area contributed by atoms with E-state index in [2.05, 4.69) is 0 Å². The lowest BCUT2D eigenvalue weighted by Crippen LogP contribution is -2.41. The fourth-order valence-electron chi connectivity index (χ4n) is 1.66. The molecule has 0 aromatic carbocycles. The Morgan fingerprint density at radius 3 is 2.35 bits per heavy atom. The van der Waals surface area contributed by atoms with Crippen LogP contribution in [0.25, 0.3) is 0 Å². The van der Waals surface area contributed by atoms with Crippen LogP contribution in [0.5, 0.6) is 0 Å². The van der Waals surface area contributed by atoms with Gasteiger partial charge in [-0.25, -0.2) is 0 Å². The molecule has 0 aliphatic heterocycles. The van der Waals surface area contributed by atoms with Gasteiger partial charge in [-0.1, -0.05) is 26.7 Å². The van der Waals surface area contributed by atoms with Crippen molar-refractivity contribution in [1.82, 2.24) is 4.90 Å². The Labute approximate surface area is 104 Å². The number of hydrogen-bond donors (Lipinski definition) is 2. The van der Waals surface area contributed by atoms with E-state index in [1.165, 1.54) is 4.90 Å². The number of nitrogens with zero attached hydrogens (tertiary/aromatic N) is 1. The SMILES string of the molecule is CCCCN(CC(N)=O)C(=O)CC(N)CCC. The lowest BCUT2D eigenvalue weighted by atomic mass is 10.1. The topological polar surface area (TPSA) is 89.4 Å². The minimum Gasteiger partial charge on any atom is -0.368 e. The molecule has 0 aromatic rings. The predicted molar refractivity (Wildman–Crippen MR) is 68.2 cm³/mol. The maximum absolute atomic E-state index is 11.9. The maximum Gasteiger partial charge on any atom is 0.237 e. The molecule has 5 nitrogen and oxygen atoms in total. The van der Waals surface area contributed by atoms with E-state index >= 15 is 0 Å². The molecule has 0 rings (SSSR count). The summed E-state index contributed by atoms with van der Waals surface area (Å²) in [6.45, 7) is 4.65. The van der Waals surface area contributed by atoms with Crippen molar-refractivity contribution in [2.75, 3.05) is 13.1 Å². The van der Waals surface area contributed by atoms with E-state index in [9.17, 15) is 9.59 Å². The van der Waals surface area contributed by atoms with Gasteiger partial charge < -0.3 is 16.4 Å². The average Bonchev–Trinajstić information content (AvgIpc) is 2.23. The number of nitrogens with two attached hydrogens (primary N) is 2. The van der Waals surface area contributed by atoms with Crippen molar-refractivity contribution < 1.29 is 9.59 Å². The lowest BCUT2D eigenvalue weighted by Gasteiger charge is -2.22. The van der Waals surface area contributed by atoms with Crippen molar-refractivity contribution in [3.05, 3.63) is 0 Å². The average molecular weight is 243 g/mol. The zero-order valence-electron chi connectivity index (χ0n) is 10.9. The van der Waals surface area contributed by atoms with Crippen LogP contribution < -0.4 is 11.5 Å². The van der Waals surface area contributed by atoms with Gasteiger partial charge in [-0.15, -0.1) is 0 Å². The maximum atomic E-state index is 11.9. The molecule has 0 saturated heterocycles. The number of unbranched alkanes of at least 4 members (excludes halogenated alkanes) is 1. The molecule has 0 spiro atoms. The number of amides is 2. The fourth-order valence-corrected chi connectivity index (χ4v) is 1.66. The van der Waals surface area contributed by atoms with Gasteiger partial charge in [0, 0.05) is 19.0 Å². The lowest BCUT2D eigenvalue weighted by molar-refractivity contribution is -0.135. The van der Waals surface area contributed by atoms with Crippen molar-refractivity contribution in [2.45, 2.75) is 52.0 Å². The van der Waals surface area contributed by atoms with E-state index in [0.717, 1.165) is 25.7 Å². The van der Waals surface area contributed by atoms with Gasteiger partial charge in [0.1, 0.15) is 0 Å². The molecular formula is C12H25N3O2. The van der Waals surface area contributed by atoms with Crippen molar-refractivity contribution in [2.24, 2.45) is 11.5 Å². The molecule has 0 heterocycles. The second kappa shape index (κ2) is 8.98. The summed E-state index contributed by atoms with van der Waals surface area (Å²) in [5.74, 6) is -0.545. The van der Waals surface area contributed by atoms with Crippen molar-refractivity contribution in [1.29, 1.82) is 0 Å². The van der Waals surface area contributed by atoms with Crippen LogP contribution in [0.3, 0.4) is 0 Å². The first-order valence-corrected chi connectivity index (χ1v) is 6.32. The van der Waals surface area contributed by atoms with E-state index in [0.29, 0.717) is 13.0 Å². The Morgan fingerprint density at radius 1 is 1.24 bits per heavy atom. The highest BCUT2D eigenvalue weighted by Crippen LogP contribution is 2.04. The van der Waals surface area contributed by atoms with Gasteiger partial charge in [-0.3, -0.25) is 9.59 Å². The molecule has 0 aliphatic rings. The predicted octanol–water partition coefficient (Wildman–Crippen LogP) is 0.618. The minimum atomic E-state index is -0.474. The Kier molecular flexibility index (Phi) is 8.40. The third-order valence-corrected chi connectivity index (χ3v) is 2.58. The molecule has 0 fully saturated rings. The summed E-state index contributed by atoms with van der Waals surface area (Å²) in [7, 11) is 0. The van der Waals surface area contributed by atoms with Gasteiger partial charge in [0.15, 0.2) is 0 Å². The molecule has 100 valence electrons. The Bertz CT molecular complexity index is 244. The summed E-state index contributed by atoms with van der Waals surface area (Å²) in [5, 5.41) is 0. The summed E-state index contributed by atoms with van der Waals surface area (Å²) in [6.07, 6.45) is 3.93. The van der Waals surface area contributed by atoms with E-state index in [-0.39, 0.29) is 18.5 Å². The van der Waals surface area contributed by atoms with Crippen molar-refractivity contribution in [3.8, 4) is 0 Å². The molecule has 1 atom stereocenters. The van der Waals surface area contributed by atoms with Crippen LogP contribution >= 0.6 is 0 Å². The first-order valence-electron chi connectivity index (χ1n) is 6.32. The number of rotatable bonds is 9. The first kappa shape index (κ1) is 15.9. The third-order valence-electron chi connectivity index (χ3n) is 2.58. The summed E-state index contributed by atoms with van der Waals surface area (Å²) in [6, 6.07) is -0.121. The summed E-state index contributed by atoms with van der Waals surface area (Å²) in [5.41, 5.74) is 10.9. The number of hydrogen-bond acceptors (Lipinski definition) is 3. The molecule has 2 amide bonds. The van der Waals surface area contributed by atoms with Gasteiger partial charge in [-0.05, 0) is 12.8 Å². The van der Waals surface area contributed by atoms with Crippen LogP contribution in [0.4, 0.5) is 0 Å².